The van der Waals surface area contributed by atoms with Crippen LogP contribution >= 0.6 is 0 Å². The Balaban J connectivity index is 0.00000121. The van der Waals surface area contributed by atoms with E-state index in [4.69, 9.17) is 0 Å². The molecular formula is C9H15LiNSi. The van der Waals surface area contributed by atoms with Gasteiger partial charge in [-0.25, -0.2) is 0 Å². The van der Waals surface area contributed by atoms with E-state index >= 15 is 0 Å². The Morgan fingerprint density at radius 2 is 1.67 bits per heavy atom. The molecule has 0 heterocycles. The van der Waals surface area contributed by atoms with E-state index in [0.29, 0.717) is 0 Å². The van der Waals surface area contributed by atoms with Gasteiger partial charge in [0.05, 0.1) is 0 Å². The predicted molar refractivity (Wildman–Crippen MR) is 59.4 cm³/mol. The van der Waals surface area contributed by atoms with Gasteiger partial charge in [0.2, 0.25) is 0 Å². The van der Waals surface area contributed by atoms with Gasteiger partial charge in [-0.1, -0.05) is 31.8 Å². The van der Waals surface area contributed by atoms with Gasteiger partial charge in [-0.15, -0.1) is 0 Å². The van der Waals surface area contributed by atoms with Gasteiger partial charge in [-0.3, -0.25) is 0 Å². The summed E-state index contributed by atoms with van der Waals surface area (Å²) in [4.78, 5) is 3.50. The van der Waals surface area contributed by atoms with Crippen LogP contribution in [0.2, 0.25) is 19.6 Å². The summed E-state index contributed by atoms with van der Waals surface area (Å²) in [5.41, 5.74) is 1.21. The van der Waals surface area contributed by atoms with Gasteiger partial charge in [-0.05, 0) is 18.2 Å². The number of rotatable bonds is 2. The zero-order chi connectivity index (χ0) is 8.32. The zero-order valence-corrected chi connectivity index (χ0v) is 8.31. The van der Waals surface area contributed by atoms with E-state index in [2.05, 4.69) is 42.8 Å². The molecule has 0 aliphatic carbocycles. The first-order valence-corrected chi connectivity index (χ1v) is 7.32. The molecule has 1 nitrogen and oxygen atoms in total. The SMILES string of the molecule is C[Si](C)(C)Nc1cc[c]cc1.[LiH]. The Kier molecular flexibility index (Phi) is 4.70. The maximum absolute atomic E-state index is 3.50. The third kappa shape index (κ3) is 4.66. The van der Waals surface area contributed by atoms with Gasteiger partial charge < -0.3 is 4.98 Å². The number of benzene rings is 1. The second kappa shape index (κ2) is 4.76. The molecule has 3 heteroatoms. The molecule has 1 aromatic rings. The van der Waals surface area contributed by atoms with E-state index in [1.54, 1.807) is 0 Å². The van der Waals surface area contributed by atoms with Crippen LogP contribution in [-0.4, -0.2) is 27.1 Å². The molecule has 1 rings (SSSR count). The van der Waals surface area contributed by atoms with E-state index in [1.807, 2.05) is 12.1 Å². The van der Waals surface area contributed by atoms with Crippen LogP contribution in [0.5, 0.6) is 0 Å². The van der Waals surface area contributed by atoms with Crippen LogP contribution < -0.4 is 4.98 Å². The standard InChI is InChI=1S/C9H14NSi.Li.H/c1-11(2,3)10-9-7-5-4-6-8-9;;/h5-8,10H,1-3H3;;. The summed E-state index contributed by atoms with van der Waals surface area (Å²) in [5.74, 6) is 0. The van der Waals surface area contributed by atoms with Crippen LogP contribution in [0.15, 0.2) is 24.3 Å². The Hall–Kier alpha value is -0.166. The molecule has 0 aromatic heterocycles. The molecule has 0 saturated heterocycles. The Morgan fingerprint density at radius 1 is 1.17 bits per heavy atom. The molecule has 0 aliphatic rings. The van der Waals surface area contributed by atoms with Crippen LogP contribution in [0.4, 0.5) is 5.69 Å². The molecule has 12 heavy (non-hydrogen) atoms. The normalized spacial score (nSPS) is 10.2. The minimum atomic E-state index is -1.16. The first-order chi connectivity index (χ1) is 5.08. The van der Waals surface area contributed by atoms with Gasteiger partial charge in [0, 0.05) is 5.69 Å². The van der Waals surface area contributed by atoms with Crippen LogP contribution in [0.25, 0.3) is 0 Å². The molecule has 0 bridgehead atoms. The van der Waals surface area contributed by atoms with Crippen LogP contribution in [0.3, 0.4) is 0 Å². The fourth-order valence-corrected chi connectivity index (χ4v) is 1.94. The average Bonchev–Trinajstić information content (AvgIpc) is 1.85. The summed E-state index contributed by atoms with van der Waals surface area (Å²) < 4.78 is 0. The van der Waals surface area contributed by atoms with Crippen LogP contribution in [0, 0.1) is 6.07 Å². The van der Waals surface area contributed by atoms with Crippen LogP contribution in [-0.2, 0) is 0 Å². The number of hydrogen-bond donors (Lipinski definition) is 1. The summed E-state index contributed by atoms with van der Waals surface area (Å²) in [6.45, 7) is 6.84. The van der Waals surface area contributed by atoms with Gasteiger partial charge in [-0.2, -0.15) is 0 Å². The first kappa shape index (κ1) is 11.8. The monoisotopic (exact) mass is 172 g/mol. The first-order valence-electron chi connectivity index (χ1n) is 3.82. The van der Waals surface area contributed by atoms with Crippen molar-refractivity contribution in [2.75, 3.05) is 4.98 Å². The van der Waals surface area contributed by atoms with E-state index in [-0.39, 0.29) is 18.9 Å². The molecule has 0 saturated carbocycles. The third-order valence-corrected chi connectivity index (χ3v) is 2.28. The second-order valence-corrected chi connectivity index (χ2v) is 8.41. The molecular weight excluding hydrogens is 157 g/mol. The van der Waals surface area contributed by atoms with Crippen molar-refractivity contribution in [1.82, 2.24) is 0 Å². The molecule has 0 spiro atoms. The van der Waals surface area contributed by atoms with Crippen molar-refractivity contribution in [2.45, 2.75) is 19.6 Å². The fourth-order valence-electron chi connectivity index (χ4n) is 0.903. The van der Waals surface area contributed by atoms with Gasteiger partial charge in [0.15, 0.2) is 0 Å². The van der Waals surface area contributed by atoms with Crippen molar-refractivity contribution >= 4 is 32.8 Å². The Morgan fingerprint density at radius 3 is 2.08 bits per heavy atom. The minimum absolute atomic E-state index is 0. The van der Waals surface area contributed by atoms with Gasteiger partial charge in [0.25, 0.3) is 0 Å². The van der Waals surface area contributed by atoms with E-state index in [9.17, 15) is 0 Å². The quantitative estimate of drug-likeness (QED) is 0.673. The topological polar surface area (TPSA) is 12.0 Å². The van der Waals surface area contributed by atoms with Gasteiger partial charge in [0.1, 0.15) is 8.24 Å². The zero-order valence-electron chi connectivity index (χ0n) is 7.31. The Labute approximate surface area is 87.8 Å². The van der Waals surface area contributed by atoms with Crippen molar-refractivity contribution in [3.8, 4) is 0 Å². The molecule has 0 fully saturated rings. The summed E-state index contributed by atoms with van der Waals surface area (Å²) in [7, 11) is -1.16. The van der Waals surface area contributed by atoms with Crippen molar-refractivity contribution in [3.63, 3.8) is 0 Å². The predicted octanol–water partition coefficient (Wildman–Crippen LogP) is 2.09. The number of hydrogen-bond acceptors (Lipinski definition) is 1. The molecule has 1 aromatic carbocycles. The molecule has 0 unspecified atom stereocenters. The van der Waals surface area contributed by atoms with E-state index in [0.717, 1.165) is 0 Å². The average molecular weight is 172 g/mol. The van der Waals surface area contributed by atoms with Crippen molar-refractivity contribution < 1.29 is 0 Å². The number of anilines is 1. The molecule has 1 N–H and O–H groups in total. The summed E-state index contributed by atoms with van der Waals surface area (Å²) in [6, 6.07) is 11.0. The van der Waals surface area contributed by atoms with E-state index < -0.39 is 8.24 Å². The molecule has 61 valence electrons. The van der Waals surface area contributed by atoms with Crippen molar-refractivity contribution in [2.24, 2.45) is 0 Å². The summed E-state index contributed by atoms with van der Waals surface area (Å²) in [6.07, 6.45) is 0. The van der Waals surface area contributed by atoms with E-state index in [1.165, 1.54) is 5.69 Å². The number of nitrogens with one attached hydrogen (secondary N) is 1. The fraction of sp³-hybridized carbons (Fsp3) is 0.333. The van der Waals surface area contributed by atoms with Crippen molar-refractivity contribution in [3.05, 3.63) is 30.3 Å². The summed E-state index contributed by atoms with van der Waals surface area (Å²) >= 11 is 0. The summed E-state index contributed by atoms with van der Waals surface area (Å²) in [5, 5.41) is 0. The molecule has 0 amide bonds. The Bertz CT molecular complexity index is 218. The molecule has 0 aliphatic heterocycles. The molecule has 0 atom stereocenters. The van der Waals surface area contributed by atoms with Gasteiger partial charge >= 0.3 is 18.9 Å². The molecule has 1 radical (unpaired) electrons. The second-order valence-electron chi connectivity index (χ2n) is 3.66. The maximum atomic E-state index is 3.50. The van der Waals surface area contributed by atoms with Crippen LogP contribution in [0.1, 0.15) is 0 Å². The van der Waals surface area contributed by atoms with Crippen molar-refractivity contribution in [1.29, 1.82) is 0 Å². The third-order valence-electron chi connectivity index (χ3n) is 1.24.